The van der Waals surface area contributed by atoms with Crippen molar-refractivity contribution in [2.24, 2.45) is 0 Å². The third kappa shape index (κ3) is 11.0. The zero-order chi connectivity index (χ0) is 9.78. The maximum Gasteiger partial charge on any atom is 0.147 e. The second-order valence-electron chi connectivity index (χ2n) is 2.46. The van der Waals surface area contributed by atoms with Crippen LogP contribution in [0.1, 0.15) is 26.2 Å². The van der Waals surface area contributed by atoms with Crippen molar-refractivity contribution in [1.82, 2.24) is 0 Å². The highest BCUT2D eigenvalue weighted by Crippen LogP contribution is 1.89. The highest BCUT2D eigenvalue weighted by atomic mass is 16.7. The first-order chi connectivity index (χ1) is 6.41. The molecule has 0 saturated carbocycles. The predicted octanol–water partition coefficient (Wildman–Crippen LogP) is 1.80. The molecule has 0 aromatic rings. The van der Waals surface area contributed by atoms with Crippen LogP contribution >= 0.6 is 0 Å². The van der Waals surface area contributed by atoms with Crippen molar-refractivity contribution in [2.75, 3.05) is 20.5 Å². The summed E-state index contributed by atoms with van der Waals surface area (Å²) >= 11 is 0. The summed E-state index contributed by atoms with van der Waals surface area (Å²) in [6, 6.07) is 0. The minimum Gasteiger partial charge on any atom is -0.359 e. The second-order valence-corrected chi connectivity index (χ2v) is 2.46. The molecule has 0 atom stereocenters. The van der Waals surface area contributed by atoms with Gasteiger partial charge in [0.05, 0.1) is 0 Å². The van der Waals surface area contributed by atoms with Gasteiger partial charge in [0.1, 0.15) is 13.4 Å². The zero-order valence-corrected chi connectivity index (χ0v) is 8.35. The molecule has 0 spiro atoms. The van der Waals surface area contributed by atoms with E-state index in [2.05, 4.69) is 35.3 Å². The smallest absolute Gasteiger partial charge is 0.147 e. The fraction of sp³-hybridized carbons (Fsp3) is 0.636. The first kappa shape index (κ1) is 12.0. The van der Waals surface area contributed by atoms with Gasteiger partial charge in [0.2, 0.25) is 0 Å². The van der Waals surface area contributed by atoms with Gasteiger partial charge in [-0.15, -0.1) is 0 Å². The lowest BCUT2D eigenvalue weighted by molar-refractivity contribution is -0.0166. The Labute approximate surface area is 80.6 Å². The molecule has 0 aromatic carbocycles. The van der Waals surface area contributed by atoms with Crippen LogP contribution < -0.4 is 0 Å². The molecule has 0 N–H and O–H groups in total. The molecule has 0 aliphatic rings. The van der Waals surface area contributed by atoms with Gasteiger partial charge in [0.25, 0.3) is 0 Å². The van der Waals surface area contributed by atoms with Crippen LogP contribution in [-0.4, -0.2) is 20.5 Å². The Morgan fingerprint density at radius 1 is 1.15 bits per heavy atom. The molecule has 0 radical (unpaired) electrons. The highest BCUT2D eigenvalue weighted by molar-refractivity contribution is 5.25. The normalized spacial score (nSPS) is 8.15. The summed E-state index contributed by atoms with van der Waals surface area (Å²) in [5.41, 5.74) is 0. The van der Waals surface area contributed by atoms with Gasteiger partial charge >= 0.3 is 0 Å². The van der Waals surface area contributed by atoms with Crippen molar-refractivity contribution < 1.29 is 9.47 Å². The minimum atomic E-state index is 0.290. The number of hydrogen-bond acceptors (Lipinski definition) is 2. The van der Waals surface area contributed by atoms with E-state index in [4.69, 9.17) is 4.74 Å². The molecule has 0 saturated heterocycles. The van der Waals surface area contributed by atoms with Gasteiger partial charge in [-0.05, 0) is 18.3 Å². The van der Waals surface area contributed by atoms with Gasteiger partial charge in [0.15, 0.2) is 0 Å². The molecule has 0 fully saturated rings. The standard InChI is InChI=1S/C11H16O2/c1-3-4-5-6-7-8-9-10-13-11-12-2/h3-5,10-11H2,1-2H3. The fourth-order valence-corrected chi connectivity index (χ4v) is 0.628. The van der Waals surface area contributed by atoms with Crippen LogP contribution in [0.3, 0.4) is 0 Å². The lowest BCUT2D eigenvalue weighted by atomic mass is 10.2. The fourth-order valence-electron chi connectivity index (χ4n) is 0.628. The first-order valence-corrected chi connectivity index (χ1v) is 4.44. The maximum absolute atomic E-state index is 4.95. The molecule has 2 nitrogen and oxygen atoms in total. The third-order valence-corrected chi connectivity index (χ3v) is 1.27. The highest BCUT2D eigenvalue weighted by Gasteiger charge is 1.76. The van der Waals surface area contributed by atoms with Crippen LogP contribution in [-0.2, 0) is 9.47 Å². The van der Waals surface area contributed by atoms with E-state index in [0.29, 0.717) is 6.61 Å². The van der Waals surface area contributed by atoms with Crippen LogP contribution in [0.2, 0.25) is 0 Å². The third-order valence-electron chi connectivity index (χ3n) is 1.27. The van der Waals surface area contributed by atoms with Gasteiger partial charge in [-0.2, -0.15) is 0 Å². The summed E-state index contributed by atoms with van der Waals surface area (Å²) in [6.07, 6.45) is 3.26. The van der Waals surface area contributed by atoms with Crippen LogP contribution in [0.15, 0.2) is 0 Å². The molecule has 72 valence electrons. The molecule has 0 bridgehead atoms. The topological polar surface area (TPSA) is 18.5 Å². The Bertz CT molecular complexity index is 212. The number of methoxy groups -OCH3 is 1. The van der Waals surface area contributed by atoms with Crippen LogP contribution in [0.25, 0.3) is 0 Å². The number of unbranched alkanes of at least 4 members (excludes halogenated alkanes) is 2. The largest absolute Gasteiger partial charge is 0.359 e. The summed E-state index contributed by atoms with van der Waals surface area (Å²) in [4.78, 5) is 0. The van der Waals surface area contributed by atoms with Crippen molar-refractivity contribution in [3.05, 3.63) is 0 Å². The molecule has 13 heavy (non-hydrogen) atoms. The summed E-state index contributed by atoms with van der Waals surface area (Å²) < 4.78 is 9.62. The summed E-state index contributed by atoms with van der Waals surface area (Å²) in [7, 11) is 1.58. The lowest BCUT2D eigenvalue weighted by Crippen LogP contribution is -1.95. The van der Waals surface area contributed by atoms with E-state index in [-0.39, 0.29) is 6.79 Å². The molecule has 0 amide bonds. The lowest BCUT2D eigenvalue weighted by Gasteiger charge is -1.93. The SMILES string of the molecule is CCCCC#CC#CCOCOC. The van der Waals surface area contributed by atoms with Crippen LogP contribution in [0.4, 0.5) is 0 Å². The van der Waals surface area contributed by atoms with Gasteiger partial charge in [-0.25, -0.2) is 0 Å². The molecule has 2 heteroatoms. The van der Waals surface area contributed by atoms with E-state index in [1.54, 1.807) is 7.11 Å². The summed E-state index contributed by atoms with van der Waals surface area (Å²) in [6.45, 7) is 2.82. The van der Waals surface area contributed by atoms with E-state index in [9.17, 15) is 0 Å². The Balaban J connectivity index is 3.30. The van der Waals surface area contributed by atoms with Gasteiger partial charge in [0, 0.05) is 13.5 Å². The van der Waals surface area contributed by atoms with E-state index in [0.717, 1.165) is 12.8 Å². The molecule has 0 aliphatic heterocycles. The van der Waals surface area contributed by atoms with E-state index in [1.165, 1.54) is 6.42 Å². The number of hydrogen-bond donors (Lipinski definition) is 0. The van der Waals surface area contributed by atoms with E-state index >= 15 is 0 Å². The molecule has 0 unspecified atom stereocenters. The van der Waals surface area contributed by atoms with Crippen molar-refractivity contribution in [2.45, 2.75) is 26.2 Å². The van der Waals surface area contributed by atoms with Gasteiger partial charge in [-0.3, -0.25) is 0 Å². The van der Waals surface area contributed by atoms with Crippen molar-refractivity contribution in [3.8, 4) is 23.7 Å². The monoisotopic (exact) mass is 180 g/mol. The molecular formula is C11H16O2. The van der Waals surface area contributed by atoms with Crippen molar-refractivity contribution >= 4 is 0 Å². The molecule has 0 aliphatic carbocycles. The van der Waals surface area contributed by atoms with E-state index < -0.39 is 0 Å². The molecule has 0 rings (SSSR count). The summed E-state index contributed by atoms with van der Waals surface area (Å²) in [5.74, 6) is 11.2. The van der Waals surface area contributed by atoms with Gasteiger partial charge in [-0.1, -0.05) is 25.2 Å². The number of ether oxygens (including phenoxy) is 2. The predicted molar refractivity (Wildman–Crippen MR) is 52.9 cm³/mol. The van der Waals surface area contributed by atoms with Crippen LogP contribution in [0, 0.1) is 23.7 Å². The van der Waals surface area contributed by atoms with Crippen molar-refractivity contribution in [1.29, 1.82) is 0 Å². The number of rotatable bonds is 5. The van der Waals surface area contributed by atoms with E-state index in [1.807, 2.05) is 0 Å². The Morgan fingerprint density at radius 3 is 2.62 bits per heavy atom. The minimum absolute atomic E-state index is 0.290. The average Bonchev–Trinajstić information content (AvgIpc) is 2.16. The second kappa shape index (κ2) is 11.0. The van der Waals surface area contributed by atoms with Crippen molar-refractivity contribution in [3.63, 3.8) is 0 Å². The Kier molecular flexibility index (Phi) is 10.2. The Morgan fingerprint density at radius 2 is 1.92 bits per heavy atom. The molecular weight excluding hydrogens is 164 g/mol. The quantitative estimate of drug-likeness (QED) is 0.365. The summed E-state index contributed by atoms with van der Waals surface area (Å²) in [5, 5.41) is 0. The van der Waals surface area contributed by atoms with Crippen LogP contribution in [0.5, 0.6) is 0 Å². The molecule has 0 heterocycles. The molecule has 0 aromatic heterocycles. The zero-order valence-electron chi connectivity index (χ0n) is 8.35. The average molecular weight is 180 g/mol. The first-order valence-electron chi connectivity index (χ1n) is 4.44. The Hall–Kier alpha value is -0.960. The van der Waals surface area contributed by atoms with Gasteiger partial charge < -0.3 is 9.47 Å². The maximum atomic E-state index is 4.95.